The predicted octanol–water partition coefficient (Wildman–Crippen LogP) is 5.83. The molecule has 22 heavy (non-hydrogen) atoms. The highest BCUT2D eigenvalue weighted by Gasteiger charge is 2.13. The molecule has 0 spiro atoms. The first kappa shape index (κ1) is 12.9. The van der Waals surface area contributed by atoms with Gasteiger partial charge in [-0.3, -0.25) is 0 Å². The Morgan fingerprint density at radius 3 is 2.55 bits per heavy atom. The molecule has 0 radical (unpaired) electrons. The van der Waals surface area contributed by atoms with Crippen LogP contribution in [0.5, 0.6) is 11.5 Å². The van der Waals surface area contributed by atoms with Crippen molar-refractivity contribution in [3.8, 4) is 11.5 Å². The minimum Gasteiger partial charge on any atom is -0.452 e. The third-order valence-corrected chi connectivity index (χ3v) is 3.68. The summed E-state index contributed by atoms with van der Waals surface area (Å²) in [6.45, 7) is 1.84. The monoisotopic (exact) mass is 292 g/mol. The summed E-state index contributed by atoms with van der Waals surface area (Å²) in [5.74, 6) is 0.322. The van der Waals surface area contributed by atoms with E-state index in [1.54, 1.807) is 12.1 Å². The van der Waals surface area contributed by atoms with Gasteiger partial charge in [0.1, 0.15) is 5.58 Å². The highest BCUT2D eigenvalue weighted by molar-refractivity contribution is 6.06. The van der Waals surface area contributed by atoms with Gasteiger partial charge in [-0.25, -0.2) is 4.39 Å². The van der Waals surface area contributed by atoms with Gasteiger partial charge >= 0.3 is 0 Å². The van der Waals surface area contributed by atoms with Gasteiger partial charge in [0.2, 0.25) is 0 Å². The van der Waals surface area contributed by atoms with Crippen LogP contribution in [0.25, 0.3) is 21.9 Å². The molecule has 0 saturated carbocycles. The third-order valence-electron chi connectivity index (χ3n) is 3.68. The summed E-state index contributed by atoms with van der Waals surface area (Å²) in [5, 5.41) is 1.98. The van der Waals surface area contributed by atoms with Crippen LogP contribution < -0.4 is 4.74 Å². The summed E-state index contributed by atoms with van der Waals surface area (Å²) >= 11 is 0. The van der Waals surface area contributed by atoms with E-state index in [-0.39, 0.29) is 11.6 Å². The Hall–Kier alpha value is -2.81. The summed E-state index contributed by atoms with van der Waals surface area (Å²) < 4.78 is 25.6. The SMILES string of the molecule is Cc1ccc(Oc2cccc3c2oc2ccccc23)c(F)c1. The van der Waals surface area contributed by atoms with Gasteiger partial charge in [-0.05, 0) is 36.8 Å². The van der Waals surface area contributed by atoms with E-state index in [9.17, 15) is 4.39 Å². The Labute approximate surface area is 126 Å². The predicted molar refractivity (Wildman–Crippen MR) is 84.9 cm³/mol. The molecular weight excluding hydrogens is 279 g/mol. The smallest absolute Gasteiger partial charge is 0.177 e. The van der Waals surface area contributed by atoms with Crippen molar-refractivity contribution in [2.45, 2.75) is 6.92 Å². The fourth-order valence-electron chi connectivity index (χ4n) is 2.61. The van der Waals surface area contributed by atoms with Gasteiger partial charge in [0.25, 0.3) is 0 Å². The number of hydrogen-bond acceptors (Lipinski definition) is 2. The van der Waals surface area contributed by atoms with Crippen LogP contribution in [-0.4, -0.2) is 0 Å². The Balaban J connectivity index is 1.88. The van der Waals surface area contributed by atoms with E-state index in [1.807, 2.05) is 49.4 Å². The summed E-state index contributed by atoms with van der Waals surface area (Å²) in [6.07, 6.45) is 0. The van der Waals surface area contributed by atoms with Crippen LogP contribution in [0, 0.1) is 12.7 Å². The fraction of sp³-hybridized carbons (Fsp3) is 0.0526. The topological polar surface area (TPSA) is 22.4 Å². The lowest BCUT2D eigenvalue weighted by Crippen LogP contribution is -1.89. The molecule has 1 aromatic heterocycles. The maximum Gasteiger partial charge on any atom is 0.177 e. The van der Waals surface area contributed by atoms with Crippen molar-refractivity contribution in [2.24, 2.45) is 0 Å². The van der Waals surface area contributed by atoms with Crippen molar-refractivity contribution in [3.05, 3.63) is 72.0 Å². The van der Waals surface area contributed by atoms with Gasteiger partial charge < -0.3 is 9.15 Å². The van der Waals surface area contributed by atoms with Crippen molar-refractivity contribution in [3.63, 3.8) is 0 Å². The quantitative estimate of drug-likeness (QED) is 0.464. The Kier molecular flexibility index (Phi) is 2.86. The molecule has 4 rings (SSSR count). The van der Waals surface area contributed by atoms with Crippen molar-refractivity contribution in [1.82, 2.24) is 0 Å². The number of furan rings is 1. The molecule has 0 N–H and O–H groups in total. The summed E-state index contributed by atoms with van der Waals surface area (Å²) in [6, 6.07) is 18.3. The maximum atomic E-state index is 14.0. The first-order valence-corrected chi connectivity index (χ1v) is 7.06. The number of para-hydroxylation sites is 2. The van der Waals surface area contributed by atoms with E-state index in [0.717, 1.165) is 21.9 Å². The zero-order valence-corrected chi connectivity index (χ0v) is 12.0. The van der Waals surface area contributed by atoms with Gasteiger partial charge in [0, 0.05) is 10.8 Å². The van der Waals surface area contributed by atoms with E-state index in [2.05, 4.69) is 0 Å². The van der Waals surface area contributed by atoms with Crippen LogP contribution in [0.15, 0.2) is 65.1 Å². The number of fused-ring (bicyclic) bond motifs is 3. The van der Waals surface area contributed by atoms with Crippen molar-refractivity contribution in [1.29, 1.82) is 0 Å². The summed E-state index contributed by atoms with van der Waals surface area (Å²) in [5.41, 5.74) is 2.27. The number of ether oxygens (including phenoxy) is 1. The molecule has 0 atom stereocenters. The van der Waals surface area contributed by atoms with Crippen LogP contribution in [-0.2, 0) is 0 Å². The van der Waals surface area contributed by atoms with E-state index < -0.39 is 0 Å². The van der Waals surface area contributed by atoms with Gasteiger partial charge in [-0.1, -0.05) is 36.4 Å². The summed E-state index contributed by atoms with van der Waals surface area (Å²) in [7, 11) is 0. The number of rotatable bonds is 2. The van der Waals surface area contributed by atoms with E-state index >= 15 is 0 Å². The lowest BCUT2D eigenvalue weighted by atomic mass is 10.1. The van der Waals surface area contributed by atoms with Crippen molar-refractivity contribution >= 4 is 21.9 Å². The van der Waals surface area contributed by atoms with E-state index in [4.69, 9.17) is 9.15 Å². The average Bonchev–Trinajstić information content (AvgIpc) is 2.90. The normalized spacial score (nSPS) is 11.2. The Bertz CT molecular complexity index is 985. The van der Waals surface area contributed by atoms with Gasteiger partial charge in [-0.15, -0.1) is 0 Å². The van der Waals surface area contributed by atoms with Crippen LogP contribution in [0.4, 0.5) is 4.39 Å². The maximum absolute atomic E-state index is 14.0. The fourth-order valence-corrected chi connectivity index (χ4v) is 2.61. The highest BCUT2D eigenvalue weighted by atomic mass is 19.1. The molecule has 3 heteroatoms. The van der Waals surface area contributed by atoms with Crippen LogP contribution >= 0.6 is 0 Å². The standard InChI is InChI=1S/C19H13FO2/c1-12-9-10-17(15(20)11-12)21-18-8-4-6-14-13-5-2-3-7-16(13)22-19(14)18/h2-11H,1H3. The van der Waals surface area contributed by atoms with E-state index in [1.165, 1.54) is 6.07 Å². The molecular formula is C19H13FO2. The van der Waals surface area contributed by atoms with Gasteiger partial charge in [0.15, 0.2) is 22.9 Å². The second-order valence-electron chi connectivity index (χ2n) is 5.27. The van der Waals surface area contributed by atoms with Crippen LogP contribution in [0.3, 0.4) is 0 Å². The van der Waals surface area contributed by atoms with Crippen molar-refractivity contribution in [2.75, 3.05) is 0 Å². The molecule has 0 aliphatic rings. The second kappa shape index (κ2) is 4.88. The molecule has 108 valence electrons. The number of benzene rings is 3. The average molecular weight is 292 g/mol. The molecule has 0 saturated heterocycles. The second-order valence-corrected chi connectivity index (χ2v) is 5.27. The molecule has 3 aromatic carbocycles. The van der Waals surface area contributed by atoms with Crippen LogP contribution in [0.1, 0.15) is 5.56 Å². The first-order chi connectivity index (χ1) is 10.7. The Morgan fingerprint density at radius 2 is 1.68 bits per heavy atom. The van der Waals surface area contributed by atoms with Crippen molar-refractivity contribution < 1.29 is 13.5 Å². The van der Waals surface area contributed by atoms with E-state index in [0.29, 0.717) is 11.3 Å². The minimum atomic E-state index is -0.381. The molecule has 0 unspecified atom stereocenters. The third kappa shape index (κ3) is 2.02. The largest absolute Gasteiger partial charge is 0.452 e. The number of hydrogen-bond donors (Lipinski definition) is 0. The lowest BCUT2D eigenvalue weighted by Gasteiger charge is -2.07. The lowest BCUT2D eigenvalue weighted by molar-refractivity contribution is 0.439. The molecule has 0 bridgehead atoms. The van der Waals surface area contributed by atoms with Gasteiger partial charge in [0.05, 0.1) is 0 Å². The first-order valence-electron chi connectivity index (χ1n) is 7.06. The zero-order valence-electron chi connectivity index (χ0n) is 12.0. The molecule has 0 fully saturated rings. The number of aryl methyl sites for hydroxylation is 1. The molecule has 2 nitrogen and oxygen atoms in total. The minimum absolute atomic E-state index is 0.193. The Morgan fingerprint density at radius 1 is 0.864 bits per heavy atom. The van der Waals surface area contributed by atoms with Gasteiger partial charge in [-0.2, -0.15) is 0 Å². The molecule has 0 aliphatic heterocycles. The molecule has 0 aliphatic carbocycles. The molecule has 1 heterocycles. The molecule has 0 amide bonds. The van der Waals surface area contributed by atoms with Crippen LogP contribution in [0.2, 0.25) is 0 Å². The highest BCUT2D eigenvalue weighted by Crippen LogP contribution is 2.37. The molecule has 4 aromatic rings. The zero-order chi connectivity index (χ0) is 15.1. The number of halogens is 1. The summed E-state index contributed by atoms with van der Waals surface area (Å²) in [4.78, 5) is 0.